The van der Waals surface area contributed by atoms with Crippen molar-refractivity contribution in [2.45, 2.75) is 32.1 Å². The minimum Gasteiger partial charge on any atom is -0.466 e. The summed E-state index contributed by atoms with van der Waals surface area (Å²) in [4.78, 5) is 11.7. The average Bonchev–Trinajstić information content (AvgIpc) is 2.31. The highest BCUT2D eigenvalue weighted by molar-refractivity contribution is 6.17. The van der Waals surface area contributed by atoms with E-state index in [2.05, 4.69) is 0 Å². The fourth-order valence-electron chi connectivity index (χ4n) is 1.62. The van der Waals surface area contributed by atoms with Gasteiger partial charge in [0.25, 0.3) is 0 Å². The van der Waals surface area contributed by atoms with Gasteiger partial charge < -0.3 is 4.74 Å². The Balaban J connectivity index is 2.82. The van der Waals surface area contributed by atoms with Crippen molar-refractivity contribution in [3.63, 3.8) is 0 Å². The summed E-state index contributed by atoms with van der Waals surface area (Å²) in [7, 11) is 0. The number of carbonyl (C=O) groups is 1. The van der Waals surface area contributed by atoms with Gasteiger partial charge in [0.05, 0.1) is 12.5 Å². The molecule has 0 N–H and O–H groups in total. The lowest BCUT2D eigenvalue weighted by atomic mass is 9.96. The van der Waals surface area contributed by atoms with E-state index in [0.717, 1.165) is 17.5 Å². The number of hydrogen-bond donors (Lipinski definition) is 0. The van der Waals surface area contributed by atoms with Crippen molar-refractivity contribution in [2.24, 2.45) is 0 Å². The lowest BCUT2D eigenvalue weighted by molar-refractivity contribution is -0.145. The zero-order valence-corrected chi connectivity index (χ0v) is 10.5. The first-order valence-electron chi connectivity index (χ1n) is 5.54. The molecule has 0 spiro atoms. The van der Waals surface area contributed by atoms with Crippen LogP contribution in [0.3, 0.4) is 0 Å². The summed E-state index contributed by atoms with van der Waals surface area (Å²) in [5.74, 6) is 0.184. The van der Waals surface area contributed by atoms with Gasteiger partial charge in [-0.3, -0.25) is 4.79 Å². The number of carbonyl (C=O) groups excluding carboxylic acids is 1. The second-order valence-corrected chi connectivity index (χ2v) is 3.86. The minimum atomic E-state index is -0.163. The Labute approximate surface area is 102 Å². The third-order valence-corrected chi connectivity index (χ3v) is 2.82. The zero-order chi connectivity index (χ0) is 12.0. The number of hydrogen-bond acceptors (Lipinski definition) is 2. The summed E-state index contributed by atoms with van der Waals surface area (Å²) in [6, 6.07) is 7.79. The summed E-state index contributed by atoms with van der Waals surface area (Å²) in [5.41, 5.74) is 2.05. The first-order valence-corrected chi connectivity index (χ1v) is 6.07. The van der Waals surface area contributed by atoms with Crippen LogP contribution in [0.1, 0.15) is 37.3 Å². The predicted molar refractivity (Wildman–Crippen MR) is 65.7 cm³/mol. The Morgan fingerprint density at radius 1 is 1.31 bits per heavy atom. The fourth-order valence-corrected chi connectivity index (χ4v) is 1.80. The Hall–Kier alpha value is -1.02. The number of ether oxygens (including phenoxy) is 1. The number of rotatable bonds is 5. The maximum Gasteiger partial charge on any atom is 0.313 e. The van der Waals surface area contributed by atoms with Crippen molar-refractivity contribution >= 4 is 17.6 Å². The number of benzene rings is 1. The highest BCUT2D eigenvalue weighted by atomic mass is 35.5. The van der Waals surface area contributed by atoms with Gasteiger partial charge >= 0.3 is 5.97 Å². The van der Waals surface area contributed by atoms with Crippen LogP contribution in [-0.2, 0) is 15.4 Å². The van der Waals surface area contributed by atoms with E-state index in [1.54, 1.807) is 0 Å². The molecule has 88 valence electrons. The molecule has 0 aliphatic heterocycles. The van der Waals surface area contributed by atoms with Gasteiger partial charge in [-0.05, 0) is 24.5 Å². The van der Waals surface area contributed by atoms with Crippen LogP contribution in [0.15, 0.2) is 24.3 Å². The van der Waals surface area contributed by atoms with Crippen LogP contribution in [0.2, 0.25) is 0 Å². The molecule has 0 bridgehead atoms. The molecule has 0 amide bonds. The first kappa shape index (κ1) is 13.0. The summed E-state index contributed by atoms with van der Waals surface area (Å²) in [6.45, 7) is 4.23. The van der Waals surface area contributed by atoms with Crippen LogP contribution in [0.5, 0.6) is 0 Å². The molecule has 0 fully saturated rings. The molecule has 2 nitrogen and oxygen atoms in total. The maximum atomic E-state index is 11.7. The third kappa shape index (κ3) is 3.24. The monoisotopic (exact) mass is 240 g/mol. The van der Waals surface area contributed by atoms with Crippen LogP contribution in [0.4, 0.5) is 0 Å². The van der Waals surface area contributed by atoms with Crippen molar-refractivity contribution in [3.8, 4) is 0 Å². The van der Waals surface area contributed by atoms with Gasteiger partial charge in [0.2, 0.25) is 0 Å². The van der Waals surface area contributed by atoms with E-state index in [4.69, 9.17) is 16.3 Å². The first-order chi connectivity index (χ1) is 7.72. The highest BCUT2D eigenvalue weighted by Gasteiger charge is 2.19. The molecule has 0 aromatic heterocycles. The van der Waals surface area contributed by atoms with Gasteiger partial charge in [0.15, 0.2) is 0 Å². The van der Waals surface area contributed by atoms with Crippen molar-refractivity contribution in [2.75, 3.05) is 6.61 Å². The molecular weight excluding hydrogens is 224 g/mol. The largest absolute Gasteiger partial charge is 0.466 e. The van der Waals surface area contributed by atoms with Crippen LogP contribution in [-0.4, -0.2) is 12.6 Å². The normalized spacial score (nSPS) is 12.2. The summed E-state index contributed by atoms with van der Waals surface area (Å²) in [5, 5.41) is 0. The molecule has 1 unspecified atom stereocenters. The van der Waals surface area contributed by atoms with Crippen LogP contribution in [0.25, 0.3) is 0 Å². The summed E-state index contributed by atoms with van der Waals surface area (Å²) in [6.07, 6.45) is 0.749. The summed E-state index contributed by atoms with van der Waals surface area (Å²) >= 11 is 5.71. The van der Waals surface area contributed by atoms with Crippen LogP contribution >= 0.6 is 11.6 Å². The van der Waals surface area contributed by atoms with Crippen molar-refractivity contribution in [1.82, 2.24) is 0 Å². The van der Waals surface area contributed by atoms with Crippen LogP contribution in [0, 0.1) is 0 Å². The van der Waals surface area contributed by atoms with Gasteiger partial charge in [-0.2, -0.15) is 0 Å². The molecule has 1 aromatic rings. The van der Waals surface area contributed by atoms with Crippen molar-refractivity contribution in [3.05, 3.63) is 35.4 Å². The molecule has 0 aliphatic rings. The SMILES string of the molecule is CCOC(=O)C(CC)c1ccc(CCl)cc1. The predicted octanol–water partition coefficient (Wildman–Crippen LogP) is 3.48. The molecule has 0 radical (unpaired) electrons. The molecule has 1 atom stereocenters. The minimum absolute atomic E-state index is 0.149. The molecule has 0 saturated carbocycles. The van der Waals surface area contributed by atoms with E-state index >= 15 is 0 Å². The summed E-state index contributed by atoms with van der Waals surface area (Å²) < 4.78 is 5.04. The molecular formula is C13H17ClO2. The molecule has 1 aromatic carbocycles. The zero-order valence-electron chi connectivity index (χ0n) is 9.70. The van der Waals surface area contributed by atoms with Gasteiger partial charge in [-0.1, -0.05) is 31.2 Å². The lowest BCUT2D eigenvalue weighted by Gasteiger charge is -2.14. The van der Waals surface area contributed by atoms with Crippen LogP contribution < -0.4 is 0 Å². The second-order valence-electron chi connectivity index (χ2n) is 3.59. The Morgan fingerprint density at radius 2 is 1.94 bits per heavy atom. The van der Waals surface area contributed by atoms with E-state index in [9.17, 15) is 4.79 Å². The number of halogens is 1. The molecule has 0 aliphatic carbocycles. The quantitative estimate of drug-likeness (QED) is 0.582. The Bertz CT molecular complexity index is 332. The topological polar surface area (TPSA) is 26.3 Å². The van der Waals surface area contributed by atoms with Gasteiger partial charge in [-0.25, -0.2) is 0 Å². The fraction of sp³-hybridized carbons (Fsp3) is 0.462. The number of esters is 1. The van der Waals surface area contributed by atoms with Gasteiger partial charge in [0.1, 0.15) is 0 Å². The van der Waals surface area contributed by atoms with E-state index in [-0.39, 0.29) is 11.9 Å². The molecule has 1 rings (SSSR count). The smallest absolute Gasteiger partial charge is 0.313 e. The molecule has 16 heavy (non-hydrogen) atoms. The molecule has 0 heterocycles. The molecule has 0 saturated heterocycles. The van der Waals surface area contributed by atoms with Crippen molar-refractivity contribution in [1.29, 1.82) is 0 Å². The Kier molecular flexibility index (Phi) is 5.33. The highest BCUT2D eigenvalue weighted by Crippen LogP contribution is 2.22. The average molecular weight is 241 g/mol. The van der Waals surface area contributed by atoms with E-state index in [1.807, 2.05) is 38.1 Å². The second kappa shape index (κ2) is 6.54. The van der Waals surface area contributed by atoms with Crippen molar-refractivity contribution < 1.29 is 9.53 Å². The van der Waals surface area contributed by atoms with Gasteiger partial charge in [0, 0.05) is 5.88 Å². The van der Waals surface area contributed by atoms with E-state index < -0.39 is 0 Å². The maximum absolute atomic E-state index is 11.7. The standard InChI is InChI=1S/C13H17ClO2/c1-3-12(13(15)16-4-2)11-7-5-10(9-14)6-8-11/h5-8,12H,3-4,9H2,1-2H3. The molecule has 3 heteroatoms. The van der Waals surface area contributed by atoms with E-state index in [0.29, 0.717) is 12.5 Å². The Morgan fingerprint density at radius 3 is 2.38 bits per heavy atom. The van der Waals surface area contributed by atoms with E-state index in [1.165, 1.54) is 0 Å². The third-order valence-electron chi connectivity index (χ3n) is 2.52. The lowest BCUT2D eigenvalue weighted by Crippen LogP contribution is -2.15. The number of alkyl halides is 1. The van der Waals surface area contributed by atoms with Gasteiger partial charge in [-0.15, -0.1) is 11.6 Å².